The number of rotatable bonds is 4. The van der Waals surface area contributed by atoms with Gasteiger partial charge in [0.15, 0.2) is 5.03 Å². The molecule has 0 radical (unpaired) electrons. The number of pyridine rings is 1. The van der Waals surface area contributed by atoms with Crippen LogP contribution in [0.15, 0.2) is 29.4 Å². The molecule has 3 rings (SSSR count). The zero-order valence-corrected chi connectivity index (χ0v) is 17.3. The molecule has 1 atom stereocenters. The second-order valence-electron chi connectivity index (χ2n) is 7.44. The maximum absolute atomic E-state index is 12.8. The first-order chi connectivity index (χ1) is 13.0. The number of nitrogens with two attached hydrogens (primary N) is 1. The molecule has 2 aromatic rings. The summed E-state index contributed by atoms with van der Waals surface area (Å²) in [5.41, 5.74) is 5.27. The van der Waals surface area contributed by atoms with Gasteiger partial charge in [0.25, 0.3) is 15.9 Å². The van der Waals surface area contributed by atoms with Gasteiger partial charge in [0, 0.05) is 18.3 Å². The van der Waals surface area contributed by atoms with E-state index < -0.39 is 15.9 Å². The summed E-state index contributed by atoms with van der Waals surface area (Å²) >= 11 is 5.95. The van der Waals surface area contributed by atoms with Crippen LogP contribution in [0.5, 0.6) is 0 Å². The van der Waals surface area contributed by atoms with Crippen LogP contribution in [0.3, 0.4) is 0 Å². The molecule has 28 heavy (non-hydrogen) atoms. The third-order valence-electron chi connectivity index (χ3n) is 4.56. The molecule has 2 aromatic heterocycles. The van der Waals surface area contributed by atoms with Crippen molar-refractivity contribution in [3.05, 3.63) is 35.2 Å². The maximum Gasteiger partial charge on any atom is 0.281 e. The molecule has 0 spiro atoms. The zero-order valence-electron chi connectivity index (χ0n) is 15.7. The number of hydrogen-bond acceptors (Lipinski definition) is 8. The highest BCUT2D eigenvalue weighted by molar-refractivity contribution is 7.90. The monoisotopic (exact) mass is 424 g/mol. The van der Waals surface area contributed by atoms with Gasteiger partial charge in [0.05, 0.1) is 0 Å². The normalized spacial score (nSPS) is 18.9. The van der Waals surface area contributed by atoms with Crippen molar-refractivity contribution in [2.24, 2.45) is 5.92 Å². The van der Waals surface area contributed by atoms with Crippen LogP contribution < -0.4 is 15.4 Å². The van der Waals surface area contributed by atoms with Gasteiger partial charge in [-0.15, -0.1) is 0 Å². The minimum atomic E-state index is -4.22. The van der Waals surface area contributed by atoms with Crippen molar-refractivity contribution in [1.29, 1.82) is 0 Å². The first kappa shape index (κ1) is 20.3. The van der Waals surface area contributed by atoms with Gasteiger partial charge >= 0.3 is 0 Å². The molecule has 9 nitrogen and oxygen atoms in total. The van der Waals surface area contributed by atoms with Gasteiger partial charge in [-0.2, -0.15) is 13.4 Å². The first-order valence-corrected chi connectivity index (χ1v) is 10.5. The predicted octanol–water partition coefficient (Wildman–Crippen LogP) is 1.85. The fraction of sp³-hybridized carbons (Fsp3) is 0.412. The average molecular weight is 425 g/mol. The van der Waals surface area contributed by atoms with Crippen LogP contribution in [0, 0.1) is 5.92 Å². The first-order valence-electron chi connectivity index (χ1n) is 8.59. The summed E-state index contributed by atoms with van der Waals surface area (Å²) in [6.07, 6.45) is 2.11. The van der Waals surface area contributed by atoms with Crippen molar-refractivity contribution in [2.75, 3.05) is 17.2 Å². The van der Waals surface area contributed by atoms with Gasteiger partial charge in [-0.05, 0) is 49.9 Å². The Hall–Kier alpha value is -2.46. The summed E-state index contributed by atoms with van der Waals surface area (Å²) in [6.45, 7) is 6.81. The molecule has 0 saturated carbocycles. The Bertz CT molecular complexity index is 1030. The fourth-order valence-electron chi connectivity index (χ4n) is 3.49. The minimum absolute atomic E-state index is 0.0130. The molecule has 1 fully saturated rings. The van der Waals surface area contributed by atoms with E-state index in [1.807, 2.05) is 23.5 Å². The minimum Gasteiger partial charge on any atom is -0.384 e. The summed E-state index contributed by atoms with van der Waals surface area (Å²) in [6, 6.07) is 4.13. The highest BCUT2D eigenvalue weighted by Crippen LogP contribution is 2.37. The van der Waals surface area contributed by atoms with E-state index in [-0.39, 0.29) is 27.2 Å². The molecule has 11 heteroatoms. The lowest BCUT2D eigenvalue weighted by molar-refractivity contribution is 0.0981. The molecule has 1 saturated heterocycles. The fourth-order valence-corrected chi connectivity index (χ4v) is 4.56. The van der Waals surface area contributed by atoms with Gasteiger partial charge in [0.2, 0.25) is 5.28 Å². The number of hydrogen-bond donors (Lipinski definition) is 2. The molecule has 0 unspecified atom stereocenters. The Labute approximate surface area is 168 Å². The lowest BCUT2D eigenvalue weighted by Gasteiger charge is -2.33. The van der Waals surface area contributed by atoms with Crippen molar-refractivity contribution in [1.82, 2.24) is 19.7 Å². The smallest absolute Gasteiger partial charge is 0.281 e. The van der Waals surface area contributed by atoms with E-state index in [1.165, 1.54) is 24.4 Å². The topological polar surface area (TPSA) is 131 Å². The van der Waals surface area contributed by atoms with Crippen LogP contribution in [0.2, 0.25) is 5.28 Å². The number of carbonyl (C=O) groups excluding carboxylic acids is 1. The van der Waals surface area contributed by atoms with Crippen molar-refractivity contribution >= 4 is 39.2 Å². The summed E-state index contributed by atoms with van der Waals surface area (Å²) in [5.74, 6) is -0.174. The van der Waals surface area contributed by atoms with Crippen molar-refractivity contribution in [2.45, 2.75) is 37.8 Å². The number of nitrogen functional groups attached to an aromatic ring is 1. The van der Waals surface area contributed by atoms with E-state index in [9.17, 15) is 13.2 Å². The number of nitrogens with one attached hydrogen (secondary N) is 1. The third-order valence-corrected chi connectivity index (χ3v) is 5.97. The molecule has 0 aromatic carbocycles. The molecule has 3 heterocycles. The average Bonchev–Trinajstić information content (AvgIpc) is 2.86. The van der Waals surface area contributed by atoms with Gasteiger partial charge in [-0.25, -0.2) is 14.7 Å². The predicted molar refractivity (Wildman–Crippen MR) is 106 cm³/mol. The Kier molecular flexibility index (Phi) is 5.20. The molecule has 1 aliphatic rings. The number of sulfonamides is 1. The van der Waals surface area contributed by atoms with Crippen LogP contribution in [-0.4, -0.2) is 41.4 Å². The Morgan fingerprint density at radius 3 is 2.68 bits per heavy atom. The Morgan fingerprint density at radius 1 is 1.36 bits per heavy atom. The Balaban J connectivity index is 1.97. The molecule has 1 aliphatic heterocycles. The van der Waals surface area contributed by atoms with E-state index >= 15 is 0 Å². The van der Waals surface area contributed by atoms with Gasteiger partial charge in [-0.3, -0.25) is 4.79 Å². The molecule has 150 valence electrons. The second kappa shape index (κ2) is 7.17. The molecule has 0 bridgehead atoms. The third kappa shape index (κ3) is 4.02. The lowest BCUT2D eigenvalue weighted by Crippen LogP contribution is -2.41. The number of anilines is 2. The number of nitrogens with zero attached hydrogens (tertiary/aromatic N) is 4. The van der Waals surface area contributed by atoms with E-state index in [0.29, 0.717) is 18.3 Å². The van der Waals surface area contributed by atoms with E-state index in [0.717, 1.165) is 6.42 Å². The SMILES string of the molecule is C[C@@H]1CN(c2nc(Cl)ncc2C(=O)NS(=O)(=O)c2cccc(N)n2)C(C)(C)C1. The molecular formula is C17H21ClN6O3S. The quantitative estimate of drug-likeness (QED) is 0.711. The van der Waals surface area contributed by atoms with E-state index in [1.54, 1.807) is 0 Å². The number of carbonyl (C=O) groups is 1. The summed E-state index contributed by atoms with van der Waals surface area (Å²) < 4.78 is 27.0. The van der Waals surface area contributed by atoms with Crippen LogP contribution in [-0.2, 0) is 10.0 Å². The van der Waals surface area contributed by atoms with Crippen LogP contribution in [0.1, 0.15) is 37.6 Å². The number of aromatic nitrogens is 3. The summed E-state index contributed by atoms with van der Waals surface area (Å²) in [5, 5.41) is -0.380. The zero-order chi connectivity index (χ0) is 20.7. The Morgan fingerprint density at radius 2 is 2.07 bits per heavy atom. The second-order valence-corrected chi connectivity index (χ2v) is 9.41. The van der Waals surface area contributed by atoms with E-state index in [4.69, 9.17) is 17.3 Å². The van der Waals surface area contributed by atoms with Gasteiger partial charge in [-0.1, -0.05) is 13.0 Å². The maximum atomic E-state index is 12.8. The van der Waals surface area contributed by atoms with Crippen LogP contribution >= 0.6 is 11.6 Å². The van der Waals surface area contributed by atoms with Gasteiger partial charge < -0.3 is 10.6 Å². The largest absolute Gasteiger partial charge is 0.384 e. The van der Waals surface area contributed by atoms with Crippen LogP contribution in [0.25, 0.3) is 0 Å². The molecule has 0 aliphatic carbocycles. The van der Waals surface area contributed by atoms with Crippen molar-refractivity contribution in [3.63, 3.8) is 0 Å². The standard InChI is InChI=1S/C17H21ClN6O3S/c1-10-7-17(2,3)24(9-10)14-11(8-20-16(18)22-14)15(25)23-28(26,27)13-6-4-5-12(19)21-13/h4-6,8,10H,7,9H2,1-3H3,(H2,19,21)(H,23,25)/t10-/m0/s1. The summed E-state index contributed by atoms with van der Waals surface area (Å²) in [7, 11) is -4.22. The highest BCUT2D eigenvalue weighted by Gasteiger charge is 2.39. The summed E-state index contributed by atoms with van der Waals surface area (Å²) in [4.78, 5) is 26.6. The molecule has 1 amide bonds. The van der Waals surface area contributed by atoms with Gasteiger partial charge in [0.1, 0.15) is 17.2 Å². The van der Waals surface area contributed by atoms with Crippen molar-refractivity contribution < 1.29 is 13.2 Å². The van der Waals surface area contributed by atoms with Crippen LogP contribution in [0.4, 0.5) is 11.6 Å². The molecule has 3 N–H and O–H groups in total. The highest BCUT2D eigenvalue weighted by atomic mass is 35.5. The molecular weight excluding hydrogens is 404 g/mol. The lowest BCUT2D eigenvalue weighted by atomic mass is 9.97. The number of amides is 1. The number of halogens is 1. The van der Waals surface area contributed by atoms with E-state index in [2.05, 4.69) is 21.9 Å². The van der Waals surface area contributed by atoms with Crippen molar-refractivity contribution in [3.8, 4) is 0 Å².